The molecule has 1 aromatic carbocycles. The zero-order chi connectivity index (χ0) is 14.2. The molecule has 4 rings (SSSR count). The molecule has 1 aromatic heterocycles. The fourth-order valence-electron chi connectivity index (χ4n) is 2.96. The molecule has 0 radical (unpaired) electrons. The van der Waals surface area contributed by atoms with Gasteiger partial charge >= 0.3 is 0 Å². The second-order valence-corrected chi connectivity index (χ2v) is 7.68. The standard InChI is InChI=1S/C17H16O2S2/c18-16(15-9-12-10-20-8-6-14(12)21-15)13-5-1-3-11-4-2-7-19-17(11)13/h1,3,5,9H,2,4,6-8,10H2. The van der Waals surface area contributed by atoms with Crippen molar-refractivity contribution >= 4 is 28.9 Å². The Balaban J connectivity index is 1.73. The summed E-state index contributed by atoms with van der Waals surface area (Å²) in [6.07, 6.45) is 3.14. The van der Waals surface area contributed by atoms with Gasteiger partial charge < -0.3 is 4.74 Å². The Morgan fingerprint density at radius 1 is 1.19 bits per heavy atom. The number of aryl methyl sites for hydroxylation is 2. The molecule has 4 heteroatoms. The van der Waals surface area contributed by atoms with Crippen LogP contribution in [0.4, 0.5) is 0 Å². The summed E-state index contributed by atoms with van der Waals surface area (Å²) in [7, 11) is 0. The first-order valence-corrected chi connectivity index (χ1v) is 9.29. The molecule has 0 fully saturated rings. The van der Waals surface area contributed by atoms with E-state index in [1.54, 1.807) is 11.3 Å². The van der Waals surface area contributed by atoms with Gasteiger partial charge in [-0.15, -0.1) is 11.3 Å². The molecular formula is C17H16O2S2. The molecule has 3 heterocycles. The fraction of sp³-hybridized carbons (Fsp3) is 0.353. The Hall–Kier alpha value is -1.26. The van der Waals surface area contributed by atoms with Crippen LogP contribution in [0.3, 0.4) is 0 Å². The average Bonchev–Trinajstić information content (AvgIpc) is 2.97. The van der Waals surface area contributed by atoms with Crippen molar-refractivity contribution in [2.75, 3.05) is 12.4 Å². The highest BCUT2D eigenvalue weighted by Gasteiger charge is 2.23. The Morgan fingerprint density at radius 2 is 2.14 bits per heavy atom. The fourth-order valence-corrected chi connectivity index (χ4v) is 5.29. The second kappa shape index (κ2) is 5.50. The first-order chi connectivity index (χ1) is 10.3. The van der Waals surface area contributed by atoms with E-state index in [9.17, 15) is 4.79 Å². The van der Waals surface area contributed by atoms with E-state index in [1.165, 1.54) is 21.8 Å². The summed E-state index contributed by atoms with van der Waals surface area (Å²) in [6, 6.07) is 8.04. The third kappa shape index (κ3) is 2.40. The highest BCUT2D eigenvalue weighted by molar-refractivity contribution is 7.98. The highest BCUT2D eigenvalue weighted by Crippen LogP contribution is 2.35. The Bertz CT molecular complexity index is 679. The van der Waals surface area contributed by atoms with Crippen LogP contribution in [-0.4, -0.2) is 18.1 Å². The van der Waals surface area contributed by atoms with E-state index < -0.39 is 0 Å². The van der Waals surface area contributed by atoms with E-state index in [1.807, 2.05) is 23.9 Å². The molecule has 2 aliphatic rings. The SMILES string of the molecule is O=C(c1cc2c(s1)CCSC2)c1cccc2c1OCCC2. The molecule has 21 heavy (non-hydrogen) atoms. The lowest BCUT2D eigenvalue weighted by atomic mass is 9.99. The molecule has 0 atom stereocenters. The molecule has 0 N–H and O–H groups in total. The molecule has 0 bridgehead atoms. The van der Waals surface area contributed by atoms with Gasteiger partial charge in [0.2, 0.25) is 5.78 Å². The van der Waals surface area contributed by atoms with E-state index in [-0.39, 0.29) is 5.78 Å². The van der Waals surface area contributed by atoms with Gasteiger partial charge in [-0.05, 0) is 48.3 Å². The quantitative estimate of drug-likeness (QED) is 0.781. The van der Waals surface area contributed by atoms with E-state index in [0.29, 0.717) is 0 Å². The van der Waals surface area contributed by atoms with Crippen LogP contribution in [0.2, 0.25) is 0 Å². The summed E-state index contributed by atoms with van der Waals surface area (Å²) >= 11 is 3.62. The number of ketones is 1. The number of ether oxygens (including phenoxy) is 1. The third-order valence-corrected chi connectivity index (χ3v) is 6.27. The first-order valence-electron chi connectivity index (χ1n) is 7.31. The lowest BCUT2D eigenvalue weighted by molar-refractivity contribution is 0.103. The Kier molecular flexibility index (Phi) is 3.51. The van der Waals surface area contributed by atoms with E-state index >= 15 is 0 Å². The Morgan fingerprint density at radius 3 is 3.05 bits per heavy atom. The number of thioether (sulfide) groups is 1. The summed E-state index contributed by atoms with van der Waals surface area (Å²) in [5, 5.41) is 0. The zero-order valence-electron chi connectivity index (χ0n) is 11.7. The molecule has 0 spiro atoms. The van der Waals surface area contributed by atoms with Crippen LogP contribution in [0, 0.1) is 0 Å². The smallest absolute Gasteiger partial charge is 0.206 e. The van der Waals surface area contributed by atoms with Crippen molar-refractivity contribution in [1.82, 2.24) is 0 Å². The predicted octanol–water partition coefficient (Wildman–Crippen LogP) is 4.09. The van der Waals surface area contributed by atoms with Crippen LogP contribution in [0.25, 0.3) is 0 Å². The predicted molar refractivity (Wildman–Crippen MR) is 87.9 cm³/mol. The third-order valence-electron chi connectivity index (χ3n) is 4.03. The minimum Gasteiger partial charge on any atom is -0.493 e. The summed E-state index contributed by atoms with van der Waals surface area (Å²) < 4.78 is 5.78. The lowest BCUT2D eigenvalue weighted by Crippen LogP contribution is -2.12. The number of rotatable bonds is 2. The van der Waals surface area contributed by atoms with Crippen LogP contribution in [0.1, 0.15) is 37.7 Å². The number of para-hydroxylation sites is 1. The number of thiophene rings is 1. The summed E-state index contributed by atoms with van der Waals surface area (Å²) in [5.41, 5.74) is 3.26. The van der Waals surface area contributed by atoms with Gasteiger partial charge in [-0.1, -0.05) is 12.1 Å². The molecule has 0 saturated heterocycles. The molecule has 2 aromatic rings. The largest absolute Gasteiger partial charge is 0.493 e. The van der Waals surface area contributed by atoms with E-state index in [2.05, 4.69) is 12.1 Å². The summed E-state index contributed by atoms with van der Waals surface area (Å²) in [5.74, 6) is 3.15. The maximum Gasteiger partial charge on any atom is 0.206 e. The van der Waals surface area contributed by atoms with Crippen molar-refractivity contribution in [1.29, 1.82) is 0 Å². The van der Waals surface area contributed by atoms with Crippen molar-refractivity contribution in [2.24, 2.45) is 0 Å². The van der Waals surface area contributed by atoms with Crippen LogP contribution in [0.5, 0.6) is 5.75 Å². The topological polar surface area (TPSA) is 26.3 Å². The highest BCUT2D eigenvalue weighted by atomic mass is 32.2. The van der Waals surface area contributed by atoms with Gasteiger partial charge in [0.15, 0.2) is 0 Å². The molecule has 0 saturated carbocycles. The number of hydrogen-bond acceptors (Lipinski definition) is 4. The maximum atomic E-state index is 12.9. The molecular weight excluding hydrogens is 300 g/mol. The normalized spacial score (nSPS) is 16.8. The minimum absolute atomic E-state index is 0.123. The second-order valence-electron chi connectivity index (χ2n) is 5.44. The van der Waals surface area contributed by atoms with Gasteiger partial charge in [0, 0.05) is 10.6 Å². The van der Waals surface area contributed by atoms with Crippen LogP contribution in [-0.2, 0) is 18.6 Å². The van der Waals surface area contributed by atoms with Gasteiger partial charge in [0.1, 0.15) is 5.75 Å². The monoisotopic (exact) mass is 316 g/mol. The van der Waals surface area contributed by atoms with Crippen molar-refractivity contribution < 1.29 is 9.53 Å². The molecule has 0 amide bonds. The van der Waals surface area contributed by atoms with Crippen LogP contribution < -0.4 is 4.74 Å². The van der Waals surface area contributed by atoms with Crippen molar-refractivity contribution in [3.8, 4) is 5.75 Å². The number of hydrogen-bond donors (Lipinski definition) is 0. The van der Waals surface area contributed by atoms with Gasteiger partial charge in [0.25, 0.3) is 0 Å². The van der Waals surface area contributed by atoms with Crippen molar-refractivity contribution in [3.05, 3.63) is 50.7 Å². The number of carbonyl (C=O) groups is 1. The van der Waals surface area contributed by atoms with Crippen LogP contribution in [0.15, 0.2) is 24.3 Å². The molecule has 0 aliphatic carbocycles. The van der Waals surface area contributed by atoms with Crippen molar-refractivity contribution in [2.45, 2.75) is 25.0 Å². The van der Waals surface area contributed by atoms with Gasteiger partial charge in [-0.3, -0.25) is 4.79 Å². The summed E-state index contributed by atoms with van der Waals surface area (Å²) in [4.78, 5) is 15.1. The maximum absolute atomic E-state index is 12.9. The molecule has 2 aliphatic heterocycles. The molecule has 2 nitrogen and oxygen atoms in total. The zero-order valence-corrected chi connectivity index (χ0v) is 13.3. The molecule has 108 valence electrons. The first kappa shape index (κ1) is 13.4. The van der Waals surface area contributed by atoms with Gasteiger partial charge in [-0.25, -0.2) is 0 Å². The van der Waals surface area contributed by atoms with E-state index in [0.717, 1.165) is 47.8 Å². The van der Waals surface area contributed by atoms with Gasteiger partial charge in [0.05, 0.1) is 17.0 Å². The lowest BCUT2D eigenvalue weighted by Gasteiger charge is -2.19. The molecule has 0 unspecified atom stereocenters. The minimum atomic E-state index is 0.123. The van der Waals surface area contributed by atoms with Crippen molar-refractivity contribution in [3.63, 3.8) is 0 Å². The van der Waals surface area contributed by atoms with E-state index in [4.69, 9.17) is 4.74 Å². The number of carbonyl (C=O) groups excluding carboxylic acids is 1. The average molecular weight is 316 g/mol. The van der Waals surface area contributed by atoms with Gasteiger partial charge in [-0.2, -0.15) is 11.8 Å². The Labute approximate surface area is 132 Å². The number of fused-ring (bicyclic) bond motifs is 2. The summed E-state index contributed by atoms with van der Waals surface area (Å²) in [6.45, 7) is 0.717. The number of benzene rings is 1. The van der Waals surface area contributed by atoms with Crippen LogP contribution >= 0.6 is 23.1 Å².